The summed E-state index contributed by atoms with van der Waals surface area (Å²) in [6.07, 6.45) is 0. The van der Waals surface area contributed by atoms with Crippen LogP contribution in [0.5, 0.6) is 0 Å². The van der Waals surface area contributed by atoms with E-state index in [2.05, 4.69) is 12.2 Å². The summed E-state index contributed by atoms with van der Waals surface area (Å²) in [7, 11) is 1.38. The maximum absolute atomic E-state index is 11.5. The van der Waals surface area contributed by atoms with Gasteiger partial charge in [0.25, 0.3) is 0 Å². The molecule has 2 rings (SSSR count). The lowest BCUT2D eigenvalue weighted by atomic mass is 10.1. The summed E-state index contributed by atoms with van der Waals surface area (Å²) in [5, 5.41) is 4.16. The molecule has 1 N–H and O–H groups in total. The molecule has 0 aliphatic carbocycles. The molecule has 0 heterocycles. The summed E-state index contributed by atoms with van der Waals surface area (Å²) < 4.78 is 4.72. The van der Waals surface area contributed by atoms with Gasteiger partial charge in [-0.3, -0.25) is 0 Å². The zero-order valence-corrected chi connectivity index (χ0v) is 13.1. The van der Waals surface area contributed by atoms with Gasteiger partial charge in [0, 0.05) is 16.8 Å². The van der Waals surface area contributed by atoms with E-state index in [-0.39, 0.29) is 12.0 Å². The van der Waals surface area contributed by atoms with Crippen molar-refractivity contribution in [1.82, 2.24) is 0 Å². The van der Waals surface area contributed by atoms with Gasteiger partial charge in [0.1, 0.15) is 0 Å². The number of hydrogen-bond acceptors (Lipinski definition) is 3. The minimum absolute atomic E-state index is 0.143. The smallest absolute Gasteiger partial charge is 0.337 e. The van der Waals surface area contributed by atoms with Gasteiger partial charge >= 0.3 is 5.97 Å². The van der Waals surface area contributed by atoms with Gasteiger partial charge < -0.3 is 10.1 Å². The zero-order valence-electron chi connectivity index (χ0n) is 12.3. The third-order valence-electron chi connectivity index (χ3n) is 3.39. The van der Waals surface area contributed by atoms with Crippen LogP contribution in [0.3, 0.4) is 0 Å². The Hall–Kier alpha value is -2.00. The van der Waals surface area contributed by atoms with Crippen LogP contribution in [-0.4, -0.2) is 13.1 Å². The van der Waals surface area contributed by atoms with E-state index in [4.69, 9.17) is 16.3 Å². The number of anilines is 1. The Morgan fingerprint density at radius 3 is 2.43 bits per heavy atom. The van der Waals surface area contributed by atoms with Crippen molar-refractivity contribution in [3.63, 3.8) is 0 Å². The van der Waals surface area contributed by atoms with Crippen molar-refractivity contribution >= 4 is 23.3 Å². The van der Waals surface area contributed by atoms with Gasteiger partial charge in [-0.05, 0) is 55.3 Å². The number of carbonyl (C=O) groups excluding carboxylic acids is 1. The van der Waals surface area contributed by atoms with E-state index >= 15 is 0 Å². The van der Waals surface area contributed by atoms with Crippen molar-refractivity contribution in [3.05, 3.63) is 64.2 Å². The normalized spacial score (nSPS) is 11.8. The van der Waals surface area contributed by atoms with E-state index in [9.17, 15) is 4.79 Å². The van der Waals surface area contributed by atoms with E-state index in [0.717, 1.165) is 21.8 Å². The minimum atomic E-state index is -0.324. The van der Waals surface area contributed by atoms with Crippen molar-refractivity contribution in [2.45, 2.75) is 19.9 Å². The molecule has 0 aliphatic rings. The summed E-state index contributed by atoms with van der Waals surface area (Å²) in [4.78, 5) is 11.5. The molecule has 0 aromatic heterocycles. The molecule has 0 saturated heterocycles. The molecular weight excluding hydrogens is 286 g/mol. The van der Waals surface area contributed by atoms with Gasteiger partial charge in [-0.1, -0.05) is 23.7 Å². The molecule has 0 saturated carbocycles. The molecule has 0 bridgehead atoms. The number of methoxy groups -OCH3 is 1. The van der Waals surface area contributed by atoms with Crippen LogP contribution in [0.4, 0.5) is 5.69 Å². The quantitative estimate of drug-likeness (QED) is 0.838. The molecule has 4 heteroatoms. The summed E-state index contributed by atoms with van der Waals surface area (Å²) >= 11 is 5.90. The van der Waals surface area contributed by atoms with Gasteiger partial charge in [-0.15, -0.1) is 0 Å². The highest BCUT2D eigenvalue weighted by Crippen LogP contribution is 2.24. The van der Waals surface area contributed by atoms with Crippen molar-refractivity contribution in [3.8, 4) is 0 Å². The first-order valence-corrected chi connectivity index (χ1v) is 7.10. The predicted octanol–water partition coefficient (Wildman–Crippen LogP) is 4.61. The Kier molecular flexibility index (Phi) is 4.86. The van der Waals surface area contributed by atoms with E-state index in [0.29, 0.717) is 5.56 Å². The van der Waals surface area contributed by atoms with E-state index in [1.54, 1.807) is 6.07 Å². The van der Waals surface area contributed by atoms with Crippen molar-refractivity contribution in [2.75, 3.05) is 12.4 Å². The number of nitrogens with one attached hydrogen (secondary N) is 1. The number of esters is 1. The second-order valence-corrected chi connectivity index (χ2v) is 5.38. The Morgan fingerprint density at radius 2 is 1.86 bits per heavy atom. The zero-order chi connectivity index (χ0) is 15.4. The van der Waals surface area contributed by atoms with Gasteiger partial charge in [-0.2, -0.15) is 0 Å². The molecule has 21 heavy (non-hydrogen) atoms. The first kappa shape index (κ1) is 15.4. The fourth-order valence-electron chi connectivity index (χ4n) is 2.14. The largest absolute Gasteiger partial charge is 0.465 e. The topological polar surface area (TPSA) is 38.3 Å². The monoisotopic (exact) mass is 303 g/mol. The van der Waals surface area contributed by atoms with Gasteiger partial charge in [0.15, 0.2) is 0 Å². The highest BCUT2D eigenvalue weighted by atomic mass is 35.5. The number of carbonyl (C=O) groups is 1. The highest BCUT2D eigenvalue weighted by molar-refractivity contribution is 6.30. The molecule has 2 aromatic carbocycles. The SMILES string of the molecule is COC(=O)c1ccc(NC(C)c2ccc(Cl)cc2)c(C)c1. The summed E-state index contributed by atoms with van der Waals surface area (Å²) in [5.41, 5.74) is 3.69. The molecule has 1 atom stereocenters. The lowest BCUT2D eigenvalue weighted by Crippen LogP contribution is -2.08. The van der Waals surface area contributed by atoms with Crippen LogP contribution in [0.1, 0.15) is 34.5 Å². The Balaban J connectivity index is 2.15. The molecule has 0 spiro atoms. The second-order valence-electron chi connectivity index (χ2n) is 4.94. The van der Waals surface area contributed by atoms with Gasteiger partial charge in [0.05, 0.1) is 12.7 Å². The lowest BCUT2D eigenvalue weighted by Gasteiger charge is -2.18. The predicted molar refractivity (Wildman–Crippen MR) is 86.0 cm³/mol. The molecule has 0 amide bonds. The van der Waals surface area contributed by atoms with Crippen LogP contribution in [0, 0.1) is 6.92 Å². The fourth-order valence-corrected chi connectivity index (χ4v) is 2.26. The standard InChI is InChI=1S/C17H18ClNO2/c1-11-10-14(17(20)21-3)6-9-16(11)19-12(2)13-4-7-15(18)8-5-13/h4-10,12,19H,1-3H3. The maximum Gasteiger partial charge on any atom is 0.337 e. The van der Waals surface area contributed by atoms with Gasteiger partial charge in [-0.25, -0.2) is 4.79 Å². The average Bonchev–Trinajstić information content (AvgIpc) is 2.49. The molecule has 0 fully saturated rings. The van der Waals surface area contributed by atoms with Crippen molar-refractivity contribution < 1.29 is 9.53 Å². The van der Waals surface area contributed by atoms with E-state index in [1.807, 2.05) is 43.3 Å². The lowest BCUT2D eigenvalue weighted by molar-refractivity contribution is 0.0600. The number of benzene rings is 2. The third kappa shape index (κ3) is 3.76. The first-order valence-electron chi connectivity index (χ1n) is 6.72. The van der Waals surface area contributed by atoms with Crippen LogP contribution in [0.15, 0.2) is 42.5 Å². The fraction of sp³-hybridized carbons (Fsp3) is 0.235. The molecule has 2 aromatic rings. The molecule has 0 aliphatic heterocycles. The number of hydrogen-bond donors (Lipinski definition) is 1. The second kappa shape index (κ2) is 6.64. The van der Waals surface area contributed by atoms with Crippen molar-refractivity contribution in [2.24, 2.45) is 0 Å². The molecule has 1 unspecified atom stereocenters. The summed E-state index contributed by atoms with van der Waals surface area (Å²) in [6.45, 7) is 4.04. The Morgan fingerprint density at radius 1 is 1.19 bits per heavy atom. The number of ether oxygens (including phenoxy) is 1. The maximum atomic E-state index is 11.5. The first-order chi connectivity index (χ1) is 10.0. The van der Waals surface area contributed by atoms with Crippen molar-refractivity contribution in [1.29, 1.82) is 0 Å². The molecule has 0 radical (unpaired) electrons. The number of aryl methyl sites for hydroxylation is 1. The minimum Gasteiger partial charge on any atom is -0.465 e. The third-order valence-corrected chi connectivity index (χ3v) is 3.64. The Labute approximate surface area is 129 Å². The molecule has 3 nitrogen and oxygen atoms in total. The van der Waals surface area contributed by atoms with Crippen LogP contribution in [0.2, 0.25) is 5.02 Å². The number of halogens is 1. The molecular formula is C17H18ClNO2. The van der Waals surface area contributed by atoms with E-state index < -0.39 is 0 Å². The number of rotatable bonds is 4. The highest BCUT2D eigenvalue weighted by Gasteiger charge is 2.10. The van der Waals surface area contributed by atoms with Crippen LogP contribution >= 0.6 is 11.6 Å². The summed E-state index contributed by atoms with van der Waals surface area (Å²) in [5.74, 6) is -0.324. The average molecular weight is 304 g/mol. The van der Waals surface area contributed by atoms with Crippen LogP contribution in [-0.2, 0) is 4.74 Å². The van der Waals surface area contributed by atoms with E-state index in [1.165, 1.54) is 7.11 Å². The summed E-state index contributed by atoms with van der Waals surface area (Å²) in [6, 6.07) is 13.4. The van der Waals surface area contributed by atoms with Crippen LogP contribution < -0.4 is 5.32 Å². The van der Waals surface area contributed by atoms with Gasteiger partial charge in [0.2, 0.25) is 0 Å². The molecule has 110 valence electrons. The Bertz CT molecular complexity index is 638. The van der Waals surface area contributed by atoms with Crippen LogP contribution in [0.25, 0.3) is 0 Å².